The van der Waals surface area contributed by atoms with E-state index in [-0.39, 0.29) is 11.4 Å². The molecule has 1 rings (SSSR count). The van der Waals surface area contributed by atoms with Crippen molar-refractivity contribution in [2.45, 2.75) is 11.8 Å². The molecule has 0 aromatic heterocycles. The van der Waals surface area contributed by atoms with E-state index >= 15 is 0 Å². The summed E-state index contributed by atoms with van der Waals surface area (Å²) < 4.78 is 22.6. The zero-order valence-electron chi connectivity index (χ0n) is 11.2. The lowest BCUT2D eigenvalue weighted by atomic mass is 10.3. The third kappa shape index (κ3) is 4.54. The summed E-state index contributed by atoms with van der Waals surface area (Å²) in [5.41, 5.74) is 0.395. The predicted octanol–water partition coefficient (Wildman–Crippen LogP) is 1.03. The van der Waals surface area contributed by atoms with E-state index in [9.17, 15) is 18.0 Å². The Morgan fingerprint density at radius 1 is 1.25 bits per heavy atom. The van der Waals surface area contributed by atoms with Crippen molar-refractivity contribution in [3.8, 4) is 0 Å². The number of amides is 2. The summed E-state index contributed by atoms with van der Waals surface area (Å²) in [7, 11) is -3.29. The molecule has 0 radical (unpaired) electrons. The van der Waals surface area contributed by atoms with Crippen LogP contribution >= 0.6 is 0 Å². The summed E-state index contributed by atoms with van der Waals surface area (Å²) in [4.78, 5) is 23.7. The van der Waals surface area contributed by atoms with E-state index in [0.717, 1.165) is 11.2 Å². The number of hydrogen-bond donors (Lipinski definition) is 2. The van der Waals surface area contributed by atoms with Gasteiger partial charge >= 0.3 is 12.0 Å². The van der Waals surface area contributed by atoms with Crippen LogP contribution in [0.4, 0.5) is 10.5 Å². The van der Waals surface area contributed by atoms with Crippen molar-refractivity contribution in [2.75, 3.05) is 24.7 Å². The molecule has 0 unspecified atom stereocenters. The zero-order valence-corrected chi connectivity index (χ0v) is 12.0. The second-order valence-electron chi connectivity index (χ2n) is 4.13. The first-order valence-electron chi connectivity index (χ1n) is 5.82. The van der Waals surface area contributed by atoms with Gasteiger partial charge in [-0.3, -0.25) is 4.79 Å². The minimum Gasteiger partial charge on any atom is -0.480 e. The van der Waals surface area contributed by atoms with Crippen molar-refractivity contribution in [3.05, 3.63) is 24.3 Å². The molecule has 1 aromatic rings. The second kappa shape index (κ2) is 6.38. The van der Waals surface area contributed by atoms with E-state index in [1.165, 1.54) is 24.3 Å². The van der Waals surface area contributed by atoms with Gasteiger partial charge in [-0.15, -0.1) is 0 Å². The highest BCUT2D eigenvalue weighted by molar-refractivity contribution is 7.90. The molecule has 2 N–H and O–H groups in total. The van der Waals surface area contributed by atoms with Gasteiger partial charge in [0, 0.05) is 18.5 Å². The number of nitrogens with zero attached hydrogens (tertiary/aromatic N) is 1. The number of aliphatic carboxylic acids is 1. The van der Waals surface area contributed by atoms with E-state index in [4.69, 9.17) is 5.11 Å². The number of likely N-dealkylation sites (N-methyl/N-ethyl adjacent to an activating group) is 1. The molecule has 0 aliphatic rings. The van der Waals surface area contributed by atoms with E-state index in [1.54, 1.807) is 6.92 Å². The summed E-state index contributed by atoms with van der Waals surface area (Å²) in [5.74, 6) is -1.10. The Kier molecular flexibility index (Phi) is 5.09. The maximum Gasteiger partial charge on any atom is 0.323 e. The molecule has 20 heavy (non-hydrogen) atoms. The highest BCUT2D eigenvalue weighted by atomic mass is 32.2. The summed E-state index contributed by atoms with van der Waals surface area (Å²) in [6.45, 7) is 1.51. The number of carbonyl (C=O) groups excluding carboxylic acids is 1. The lowest BCUT2D eigenvalue weighted by Gasteiger charge is -2.19. The molecule has 7 nitrogen and oxygen atoms in total. The second-order valence-corrected chi connectivity index (χ2v) is 6.15. The highest BCUT2D eigenvalue weighted by Gasteiger charge is 2.15. The van der Waals surface area contributed by atoms with Crippen LogP contribution < -0.4 is 5.32 Å². The molecule has 0 atom stereocenters. The number of hydrogen-bond acceptors (Lipinski definition) is 4. The maximum absolute atomic E-state index is 11.8. The molecule has 110 valence electrons. The van der Waals surface area contributed by atoms with Gasteiger partial charge in [-0.2, -0.15) is 0 Å². The Morgan fingerprint density at radius 3 is 2.20 bits per heavy atom. The molecule has 1 aromatic carbocycles. The van der Waals surface area contributed by atoms with Gasteiger partial charge < -0.3 is 15.3 Å². The normalized spacial score (nSPS) is 10.9. The van der Waals surface area contributed by atoms with Crippen LogP contribution in [0.3, 0.4) is 0 Å². The Morgan fingerprint density at radius 2 is 1.80 bits per heavy atom. The Bertz CT molecular complexity index is 595. The van der Waals surface area contributed by atoms with Crippen LogP contribution in [0.2, 0.25) is 0 Å². The third-order valence-electron chi connectivity index (χ3n) is 2.53. The third-order valence-corrected chi connectivity index (χ3v) is 3.66. The van der Waals surface area contributed by atoms with Crippen molar-refractivity contribution >= 4 is 27.5 Å². The number of carboxylic acids is 1. The van der Waals surface area contributed by atoms with E-state index < -0.39 is 28.4 Å². The van der Waals surface area contributed by atoms with Crippen LogP contribution in [0.5, 0.6) is 0 Å². The average molecular weight is 300 g/mol. The quantitative estimate of drug-likeness (QED) is 0.845. The standard InChI is InChI=1S/C12H16N2O5S/c1-3-14(8-11(15)16)12(17)13-9-4-6-10(7-5-9)20(2,18)19/h4-7H,3,8H2,1-2H3,(H,13,17)(H,15,16). The van der Waals surface area contributed by atoms with E-state index in [2.05, 4.69) is 5.32 Å². The number of benzene rings is 1. The number of nitrogens with one attached hydrogen (secondary N) is 1. The number of sulfone groups is 1. The molecule has 0 spiro atoms. The van der Waals surface area contributed by atoms with Gasteiger partial charge in [-0.25, -0.2) is 13.2 Å². The van der Waals surface area contributed by atoms with E-state index in [0.29, 0.717) is 5.69 Å². The van der Waals surface area contributed by atoms with Gasteiger partial charge in [0.1, 0.15) is 6.54 Å². The molecule has 2 amide bonds. The number of carbonyl (C=O) groups is 2. The Balaban J connectivity index is 2.78. The van der Waals surface area contributed by atoms with Crippen molar-refractivity contribution < 1.29 is 23.1 Å². The summed E-state index contributed by atoms with van der Waals surface area (Å²) in [5, 5.41) is 11.2. The van der Waals surface area contributed by atoms with Gasteiger partial charge in [0.2, 0.25) is 0 Å². The molecule has 0 fully saturated rings. The smallest absolute Gasteiger partial charge is 0.323 e. The fraction of sp³-hybridized carbons (Fsp3) is 0.333. The van der Waals surface area contributed by atoms with Crippen molar-refractivity contribution in [2.24, 2.45) is 0 Å². The van der Waals surface area contributed by atoms with E-state index in [1.807, 2.05) is 0 Å². The van der Waals surface area contributed by atoms with Crippen LogP contribution in [0.15, 0.2) is 29.2 Å². The van der Waals surface area contributed by atoms with Crippen LogP contribution in [0.1, 0.15) is 6.92 Å². The first kappa shape index (κ1) is 16.0. The SMILES string of the molecule is CCN(CC(=O)O)C(=O)Nc1ccc(S(C)(=O)=O)cc1. The van der Waals surface area contributed by atoms with Crippen molar-refractivity contribution in [1.82, 2.24) is 4.90 Å². The fourth-order valence-corrected chi connectivity index (χ4v) is 2.11. The highest BCUT2D eigenvalue weighted by Crippen LogP contribution is 2.14. The minimum atomic E-state index is -3.29. The summed E-state index contributed by atoms with van der Waals surface area (Å²) in [6, 6.07) is 5.09. The monoisotopic (exact) mass is 300 g/mol. The van der Waals surface area contributed by atoms with Gasteiger partial charge in [0.15, 0.2) is 9.84 Å². The molecule has 0 aliphatic heterocycles. The minimum absolute atomic E-state index is 0.147. The Labute approximate surface area is 117 Å². The fourth-order valence-electron chi connectivity index (χ4n) is 1.48. The number of anilines is 1. The molecular formula is C12H16N2O5S. The van der Waals surface area contributed by atoms with Gasteiger partial charge in [-0.05, 0) is 31.2 Å². The predicted molar refractivity (Wildman–Crippen MR) is 73.5 cm³/mol. The zero-order chi connectivity index (χ0) is 15.3. The van der Waals surface area contributed by atoms with Crippen molar-refractivity contribution in [3.63, 3.8) is 0 Å². The topological polar surface area (TPSA) is 104 Å². The van der Waals surface area contributed by atoms with Gasteiger partial charge in [-0.1, -0.05) is 0 Å². The summed E-state index contributed by atoms with van der Waals surface area (Å²) in [6.07, 6.45) is 1.09. The molecule has 0 aliphatic carbocycles. The molecular weight excluding hydrogens is 284 g/mol. The van der Waals surface area contributed by atoms with Crippen LogP contribution in [0, 0.1) is 0 Å². The first-order chi connectivity index (χ1) is 9.24. The average Bonchev–Trinajstić information content (AvgIpc) is 2.35. The lowest BCUT2D eigenvalue weighted by Crippen LogP contribution is -2.38. The largest absolute Gasteiger partial charge is 0.480 e. The molecule has 8 heteroatoms. The maximum atomic E-state index is 11.8. The van der Waals surface area contributed by atoms with Gasteiger partial charge in [0.05, 0.1) is 4.90 Å². The molecule has 0 bridgehead atoms. The first-order valence-corrected chi connectivity index (χ1v) is 7.71. The van der Waals surface area contributed by atoms with Crippen LogP contribution in [0.25, 0.3) is 0 Å². The summed E-state index contributed by atoms with van der Waals surface area (Å²) >= 11 is 0. The van der Waals surface area contributed by atoms with Crippen LogP contribution in [-0.2, 0) is 14.6 Å². The number of carboxylic acid groups (broad SMARTS) is 1. The number of urea groups is 1. The molecule has 0 heterocycles. The Hall–Kier alpha value is -2.09. The van der Waals surface area contributed by atoms with Gasteiger partial charge in [0.25, 0.3) is 0 Å². The molecule has 0 saturated heterocycles. The van der Waals surface area contributed by atoms with Crippen LogP contribution in [-0.4, -0.2) is 49.8 Å². The number of rotatable bonds is 5. The molecule has 0 saturated carbocycles. The lowest BCUT2D eigenvalue weighted by molar-refractivity contribution is -0.137. The van der Waals surface area contributed by atoms with Crippen molar-refractivity contribution in [1.29, 1.82) is 0 Å².